The summed E-state index contributed by atoms with van der Waals surface area (Å²) in [6.45, 7) is 0. The summed E-state index contributed by atoms with van der Waals surface area (Å²) in [5.41, 5.74) is 13.7. The van der Waals surface area contributed by atoms with Crippen molar-refractivity contribution in [3.8, 4) is 45.5 Å². The average molecular weight is 728 g/mol. The van der Waals surface area contributed by atoms with Gasteiger partial charge in [-0.2, -0.15) is 9.97 Å². The van der Waals surface area contributed by atoms with Crippen LogP contribution in [0.3, 0.4) is 0 Å². The summed E-state index contributed by atoms with van der Waals surface area (Å²) in [6.07, 6.45) is 0. The van der Waals surface area contributed by atoms with Crippen molar-refractivity contribution in [2.24, 2.45) is 0 Å². The van der Waals surface area contributed by atoms with Crippen LogP contribution in [-0.4, -0.2) is 24.1 Å². The van der Waals surface area contributed by atoms with E-state index in [9.17, 15) is 0 Å². The fourth-order valence-corrected chi connectivity index (χ4v) is 9.22. The highest BCUT2D eigenvalue weighted by atomic mass is 15.2. The van der Waals surface area contributed by atoms with Gasteiger partial charge in [0.2, 0.25) is 5.95 Å². The molecule has 1 aliphatic carbocycles. The summed E-state index contributed by atoms with van der Waals surface area (Å²) in [5.74, 6) is 1.94. The van der Waals surface area contributed by atoms with E-state index in [4.69, 9.17) is 15.0 Å². The Morgan fingerprint density at radius 2 is 0.912 bits per heavy atom. The molecule has 0 amide bonds. The van der Waals surface area contributed by atoms with Crippen LogP contribution in [-0.2, 0) is 0 Å². The quantitative estimate of drug-likeness (QED) is 0.177. The molecule has 1 aliphatic rings. The third-order valence-electron chi connectivity index (χ3n) is 11.7. The van der Waals surface area contributed by atoms with E-state index in [1.165, 1.54) is 38.6 Å². The molecule has 5 nitrogen and oxygen atoms in total. The summed E-state index contributed by atoms with van der Waals surface area (Å²) < 4.78 is 4.66. The maximum Gasteiger partial charge on any atom is 0.238 e. The van der Waals surface area contributed by atoms with Gasteiger partial charge in [-0.15, -0.1) is 0 Å². The number of rotatable bonds is 5. The third kappa shape index (κ3) is 4.79. The molecular weight excluding hydrogens is 695 g/mol. The molecule has 0 saturated heterocycles. The fraction of sp³-hybridized carbons (Fsp3) is 0.0192. The Kier molecular flexibility index (Phi) is 6.92. The Bertz CT molecular complexity index is 3350. The largest absolute Gasteiger partial charge is 0.307 e. The zero-order valence-electron chi connectivity index (χ0n) is 30.8. The highest BCUT2D eigenvalue weighted by Gasteiger charge is 2.31. The molecule has 8 aromatic carbocycles. The van der Waals surface area contributed by atoms with Crippen molar-refractivity contribution in [3.05, 3.63) is 211 Å². The Balaban J connectivity index is 1.17. The van der Waals surface area contributed by atoms with Gasteiger partial charge in [0, 0.05) is 44.3 Å². The molecule has 0 spiro atoms. The van der Waals surface area contributed by atoms with Gasteiger partial charge in [-0.1, -0.05) is 164 Å². The highest BCUT2D eigenvalue weighted by molar-refractivity contribution is 6.23. The predicted molar refractivity (Wildman–Crippen MR) is 232 cm³/mol. The first-order valence-corrected chi connectivity index (χ1v) is 19.4. The molecular formula is C52H33N5. The van der Waals surface area contributed by atoms with Crippen molar-refractivity contribution in [2.45, 2.75) is 5.92 Å². The van der Waals surface area contributed by atoms with E-state index >= 15 is 0 Å². The minimum atomic E-state index is 0.109. The molecule has 0 aliphatic heterocycles. The van der Waals surface area contributed by atoms with E-state index in [1.807, 2.05) is 18.2 Å². The lowest BCUT2D eigenvalue weighted by Gasteiger charge is -2.16. The van der Waals surface area contributed by atoms with E-state index in [1.54, 1.807) is 0 Å². The van der Waals surface area contributed by atoms with Crippen LogP contribution in [0, 0.1) is 0 Å². The monoisotopic (exact) mass is 727 g/mol. The Hall–Kier alpha value is -7.63. The van der Waals surface area contributed by atoms with Crippen LogP contribution in [0.4, 0.5) is 0 Å². The molecule has 1 unspecified atom stereocenters. The molecule has 0 radical (unpaired) electrons. The molecule has 1 atom stereocenters. The van der Waals surface area contributed by atoms with E-state index in [0.717, 1.165) is 49.7 Å². The summed E-state index contributed by atoms with van der Waals surface area (Å²) in [7, 11) is 0. The predicted octanol–water partition coefficient (Wildman–Crippen LogP) is 12.6. The SMILES string of the molecule is c1ccc(-c2nc(-c3ccc4c(c3)C(c3ccccc3)c3ccccc3-4)nc(-n3c4ccccc4c4ccc5c6ccccc6n(-c6ccccc6)c5c43)n2)cc1. The number of aromatic nitrogens is 5. The summed E-state index contributed by atoms with van der Waals surface area (Å²) in [4.78, 5) is 16.0. The average Bonchev–Trinajstić information content (AvgIpc) is 3.93. The second-order valence-corrected chi connectivity index (χ2v) is 14.8. The number of hydrogen-bond donors (Lipinski definition) is 0. The van der Waals surface area contributed by atoms with Crippen LogP contribution >= 0.6 is 0 Å². The lowest BCUT2D eigenvalue weighted by Crippen LogP contribution is -2.07. The zero-order chi connectivity index (χ0) is 37.5. The molecule has 5 heteroatoms. The molecule has 57 heavy (non-hydrogen) atoms. The lowest BCUT2D eigenvalue weighted by atomic mass is 9.89. The van der Waals surface area contributed by atoms with Gasteiger partial charge in [0.25, 0.3) is 0 Å². The van der Waals surface area contributed by atoms with Crippen molar-refractivity contribution in [1.82, 2.24) is 24.1 Å². The maximum atomic E-state index is 5.44. The third-order valence-corrected chi connectivity index (χ3v) is 11.7. The number of nitrogens with zero attached hydrogens (tertiary/aromatic N) is 5. The van der Waals surface area contributed by atoms with Crippen LogP contribution in [0.1, 0.15) is 22.6 Å². The molecule has 266 valence electrons. The standard InChI is InChI=1S/C52H33N5/c1-4-16-33(17-5-1)47-41-25-11-10-22-37(41)38-29-28-35(32-44(38)47)51-53-50(34-18-6-2-7-19-34)54-52(55-51)57-46-27-15-13-24-40(46)43-31-30-42-39-23-12-14-26-45(39)56(48(42)49(43)57)36-20-8-3-9-21-36/h1-32,47H. The highest BCUT2D eigenvalue weighted by Crippen LogP contribution is 2.49. The van der Waals surface area contributed by atoms with Gasteiger partial charge in [0.15, 0.2) is 11.6 Å². The first-order valence-electron chi connectivity index (χ1n) is 19.4. The summed E-state index contributed by atoms with van der Waals surface area (Å²) in [5, 5.41) is 4.66. The topological polar surface area (TPSA) is 48.5 Å². The van der Waals surface area contributed by atoms with Crippen LogP contribution in [0.25, 0.3) is 89.2 Å². The molecule has 11 aromatic rings. The molecule has 12 rings (SSSR count). The van der Waals surface area contributed by atoms with Crippen molar-refractivity contribution >= 4 is 43.6 Å². The van der Waals surface area contributed by atoms with Crippen LogP contribution in [0.5, 0.6) is 0 Å². The number of fused-ring (bicyclic) bond motifs is 10. The van der Waals surface area contributed by atoms with E-state index in [2.05, 4.69) is 185 Å². The zero-order valence-corrected chi connectivity index (χ0v) is 30.8. The van der Waals surface area contributed by atoms with Crippen molar-refractivity contribution in [1.29, 1.82) is 0 Å². The molecule has 3 heterocycles. The molecule has 3 aromatic heterocycles. The Morgan fingerprint density at radius 1 is 0.368 bits per heavy atom. The summed E-state index contributed by atoms with van der Waals surface area (Å²) >= 11 is 0. The number of para-hydroxylation sites is 3. The number of hydrogen-bond acceptors (Lipinski definition) is 3. The van der Waals surface area contributed by atoms with E-state index < -0.39 is 0 Å². The van der Waals surface area contributed by atoms with Gasteiger partial charge in [-0.05, 0) is 58.1 Å². The number of benzene rings is 8. The molecule has 0 bridgehead atoms. The lowest BCUT2D eigenvalue weighted by molar-refractivity contribution is 0.952. The molecule has 0 saturated carbocycles. The second kappa shape index (κ2) is 12.4. The van der Waals surface area contributed by atoms with Gasteiger partial charge >= 0.3 is 0 Å². The molecule has 0 fully saturated rings. The Morgan fingerprint density at radius 3 is 1.63 bits per heavy atom. The van der Waals surface area contributed by atoms with Gasteiger partial charge in [-0.25, -0.2) is 4.98 Å². The second-order valence-electron chi connectivity index (χ2n) is 14.8. The normalized spacial score (nSPS) is 13.4. The van der Waals surface area contributed by atoms with Crippen LogP contribution < -0.4 is 0 Å². The van der Waals surface area contributed by atoms with Crippen molar-refractivity contribution in [2.75, 3.05) is 0 Å². The smallest absolute Gasteiger partial charge is 0.238 e. The molecule has 0 N–H and O–H groups in total. The van der Waals surface area contributed by atoms with E-state index in [0.29, 0.717) is 17.6 Å². The minimum absolute atomic E-state index is 0.109. The van der Waals surface area contributed by atoms with Gasteiger partial charge in [0.1, 0.15) is 0 Å². The van der Waals surface area contributed by atoms with E-state index in [-0.39, 0.29) is 5.92 Å². The fourth-order valence-electron chi connectivity index (χ4n) is 9.22. The van der Waals surface area contributed by atoms with Crippen molar-refractivity contribution < 1.29 is 0 Å². The Labute approximate surface area is 328 Å². The maximum absolute atomic E-state index is 5.44. The minimum Gasteiger partial charge on any atom is -0.307 e. The first-order chi connectivity index (χ1) is 28.3. The van der Waals surface area contributed by atoms with Crippen LogP contribution in [0.2, 0.25) is 0 Å². The van der Waals surface area contributed by atoms with Gasteiger partial charge in [0.05, 0.1) is 22.1 Å². The summed E-state index contributed by atoms with van der Waals surface area (Å²) in [6, 6.07) is 69.0. The van der Waals surface area contributed by atoms with Gasteiger partial charge in [-0.3, -0.25) is 4.57 Å². The first kappa shape index (κ1) is 31.7. The van der Waals surface area contributed by atoms with Crippen LogP contribution in [0.15, 0.2) is 194 Å². The van der Waals surface area contributed by atoms with Gasteiger partial charge < -0.3 is 4.57 Å². The van der Waals surface area contributed by atoms with Crippen molar-refractivity contribution in [3.63, 3.8) is 0 Å².